The van der Waals surface area contributed by atoms with Gasteiger partial charge in [0.15, 0.2) is 0 Å². The number of rotatable bonds is 17. The number of hydrogen-bond acceptors (Lipinski definition) is 7. The fourth-order valence-electron chi connectivity index (χ4n) is 5.72. The SMILES string of the molecule is CC(C)C[C@H](NC(=O)[C@H](Cc1c[nH]cn1)NC(=O)[C@H](Cc1cccc2ccccc12)NC(=O)OCc1ccccc1)[C@@H](O)CC(=O)NC(C)C. The zero-order valence-corrected chi connectivity index (χ0v) is 29.0. The Labute approximate surface area is 292 Å². The van der Waals surface area contributed by atoms with Crippen molar-refractivity contribution in [1.82, 2.24) is 31.2 Å². The molecular formula is C38H48N6O6. The number of nitrogens with one attached hydrogen (secondary N) is 5. The van der Waals surface area contributed by atoms with Crippen molar-refractivity contribution in [3.05, 3.63) is 102 Å². The number of alkyl carbamates (subject to hydrolysis) is 1. The molecule has 3 aromatic carbocycles. The highest BCUT2D eigenvalue weighted by Crippen LogP contribution is 2.20. The average molecular weight is 685 g/mol. The number of benzene rings is 3. The minimum atomic E-state index is -1.16. The van der Waals surface area contributed by atoms with E-state index in [1.54, 1.807) is 6.20 Å². The Morgan fingerprint density at radius 2 is 1.48 bits per heavy atom. The van der Waals surface area contributed by atoms with E-state index in [1.807, 2.05) is 100 Å². The van der Waals surface area contributed by atoms with Crippen LogP contribution in [0.3, 0.4) is 0 Å². The third kappa shape index (κ3) is 11.7. The van der Waals surface area contributed by atoms with E-state index in [0.717, 1.165) is 21.9 Å². The lowest BCUT2D eigenvalue weighted by atomic mass is 9.96. The van der Waals surface area contributed by atoms with Gasteiger partial charge >= 0.3 is 6.09 Å². The predicted molar refractivity (Wildman–Crippen MR) is 191 cm³/mol. The molecule has 1 heterocycles. The first-order valence-electron chi connectivity index (χ1n) is 17.0. The van der Waals surface area contributed by atoms with Crippen LogP contribution >= 0.6 is 0 Å². The molecule has 4 aromatic rings. The van der Waals surface area contributed by atoms with Gasteiger partial charge in [-0.1, -0.05) is 86.6 Å². The number of nitrogens with zero attached hydrogens (tertiary/aromatic N) is 1. The van der Waals surface area contributed by atoms with Crippen molar-refractivity contribution in [2.24, 2.45) is 5.92 Å². The number of amides is 4. The number of aliphatic hydroxyl groups excluding tert-OH is 1. The monoisotopic (exact) mass is 684 g/mol. The number of carbonyl (C=O) groups excluding carboxylic acids is 4. The molecule has 0 aliphatic heterocycles. The molecule has 12 heteroatoms. The van der Waals surface area contributed by atoms with Crippen LogP contribution in [0.2, 0.25) is 0 Å². The lowest BCUT2D eigenvalue weighted by Gasteiger charge is -2.29. The van der Waals surface area contributed by atoms with Gasteiger partial charge in [0.25, 0.3) is 0 Å². The summed E-state index contributed by atoms with van der Waals surface area (Å²) in [5, 5.41) is 24.1. The molecule has 0 aliphatic carbocycles. The van der Waals surface area contributed by atoms with Gasteiger partial charge in [0.2, 0.25) is 17.7 Å². The number of H-pyrrole nitrogens is 1. The number of aliphatic hydroxyl groups is 1. The Bertz CT molecular complexity index is 1690. The molecular weight excluding hydrogens is 636 g/mol. The van der Waals surface area contributed by atoms with Gasteiger partial charge in [-0.15, -0.1) is 0 Å². The topological polar surface area (TPSA) is 175 Å². The number of hydrogen-bond donors (Lipinski definition) is 6. The molecule has 0 unspecified atom stereocenters. The summed E-state index contributed by atoms with van der Waals surface area (Å²) in [6.07, 6.45) is 1.47. The largest absolute Gasteiger partial charge is 0.445 e. The van der Waals surface area contributed by atoms with Crippen LogP contribution in [-0.2, 0) is 38.6 Å². The van der Waals surface area contributed by atoms with Gasteiger partial charge in [0, 0.05) is 25.1 Å². The minimum absolute atomic E-state index is 0.00816. The number of imidazole rings is 1. The molecule has 0 bridgehead atoms. The third-order valence-electron chi connectivity index (χ3n) is 8.09. The first kappa shape index (κ1) is 37.6. The molecule has 0 aliphatic rings. The maximum absolute atomic E-state index is 14.1. The molecule has 4 amide bonds. The van der Waals surface area contributed by atoms with Crippen molar-refractivity contribution in [1.29, 1.82) is 0 Å². The molecule has 0 radical (unpaired) electrons. The Hall–Kier alpha value is -5.23. The van der Waals surface area contributed by atoms with Gasteiger partial charge in [0.1, 0.15) is 18.7 Å². The van der Waals surface area contributed by atoms with Crippen molar-refractivity contribution in [2.45, 2.75) is 90.3 Å². The normalized spacial score (nSPS) is 13.7. The molecule has 1 aromatic heterocycles. The van der Waals surface area contributed by atoms with E-state index in [1.165, 1.54) is 6.33 Å². The Kier molecular flexibility index (Phi) is 13.9. The van der Waals surface area contributed by atoms with Gasteiger partial charge in [-0.05, 0) is 48.1 Å². The average Bonchev–Trinajstić information content (AvgIpc) is 3.59. The summed E-state index contributed by atoms with van der Waals surface area (Å²) < 4.78 is 5.46. The van der Waals surface area contributed by atoms with E-state index >= 15 is 0 Å². The molecule has 0 spiro atoms. The fraction of sp³-hybridized carbons (Fsp3) is 0.395. The molecule has 4 rings (SSSR count). The maximum Gasteiger partial charge on any atom is 0.408 e. The summed E-state index contributed by atoms with van der Waals surface area (Å²) in [5.41, 5.74) is 2.12. The van der Waals surface area contributed by atoms with Gasteiger partial charge < -0.3 is 36.1 Å². The molecule has 12 nitrogen and oxygen atoms in total. The number of ether oxygens (including phenoxy) is 1. The van der Waals surface area contributed by atoms with E-state index < -0.39 is 42.1 Å². The van der Waals surface area contributed by atoms with Crippen molar-refractivity contribution in [2.75, 3.05) is 0 Å². The number of carbonyl (C=O) groups is 4. The van der Waals surface area contributed by atoms with Crippen LogP contribution in [-0.4, -0.2) is 69.2 Å². The van der Waals surface area contributed by atoms with Crippen LogP contribution < -0.4 is 21.3 Å². The summed E-state index contributed by atoms with van der Waals surface area (Å²) >= 11 is 0. The summed E-state index contributed by atoms with van der Waals surface area (Å²) in [6, 6.07) is 19.5. The second-order valence-corrected chi connectivity index (χ2v) is 13.2. The van der Waals surface area contributed by atoms with Crippen LogP contribution in [0.1, 0.15) is 57.4 Å². The molecule has 0 saturated carbocycles. The second kappa shape index (κ2) is 18.5. The summed E-state index contributed by atoms with van der Waals surface area (Å²) in [5.74, 6) is -1.43. The standard InChI is InChI=1S/C38H48N6O6/c1-24(2)17-31(34(45)20-35(46)41-25(3)4)42-37(48)33(19-29-21-39-23-40-29)43-36(47)32(44-38(49)50-22-26-11-6-5-7-12-26)18-28-15-10-14-27-13-8-9-16-30(27)28/h5-16,21,23-25,31-34,45H,17-20,22H2,1-4H3,(H,39,40)(H,41,46)(H,42,48)(H,43,47)(H,44,49)/t31-,32-,33-,34-/m0/s1. The Morgan fingerprint density at radius 1 is 0.800 bits per heavy atom. The van der Waals surface area contributed by atoms with E-state index in [0.29, 0.717) is 12.1 Å². The zero-order valence-electron chi connectivity index (χ0n) is 29.0. The van der Waals surface area contributed by atoms with E-state index in [2.05, 4.69) is 31.2 Å². The van der Waals surface area contributed by atoms with Crippen molar-refractivity contribution >= 4 is 34.6 Å². The number of fused-ring (bicyclic) bond motifs is 1. The first-order chi connectivity index (χ1) is 24.0. The van der Waals surface area contributed by atoms with E-state index in [9.17, 15) is 24.3 Å². The van der Waals surface area contributed by atoms with Gasteiger partial charge in [-0.25, -0.2) is 9.78 Å². The van der Waals surface area contributed by atoms with Crippen LogP contribution in [0.15, 0.2) is 85.3 Å². The molecule has 6 N–H and O–H groups in total. The number of aromatic amines is 1. The molecule has 0 saturated heterocycles. The molecule has 0 fully saturated rings. The summed E-state index contributed by atoms with van der Waals surface area (Å²) in [7, 11) is 0. The smallest absolute Gasteiger partial charge is 0.408 e. The summed E-state index contributed by atoms with van der Waals surface area (Å²) in [6.45, 7) is 7.55. The molecule has 4 atom stereocenters. The highest BCUT2D eigenvalue weighted by Gasteiger charge is 2.32. The van der Waals surface area contributed by atoms with Gasteiger partial charge in [-0.2, -0.15) is 0 Å². The third-order valence-corrected chi connectivity index (χ3v) is 8.09. The lowest BCUT2D eigenvalue weighted by molar-refractivity contribution is -0.131. The summed E-state index contributed by atoms with van der Waals surface area (Å²) in [4.78, 5) is 60.6. The number of aromatic nitrogens is 2. The minimum Gasteiger partial charge on any atom is -0.445 e. The van der Waals surface area contributed by atoms with E-state index in [4.69, 9.17) is 4.74 Å². The first-order valence-corrected chi connectivity index (χ1v) is 17.0. The Morgan fingerprint density at radius 3 is 2.18 bits per heavy atom. The Balaban J connectivity index is 1.57. The predicted octanol–water partition coefficient (Wildman–Crippen LogP) is 3.93. The lowest BCUT2D eigenvalue weighted by Crippen LogP contribution is -2.57. The van der Waals surface area contributed by atoms with Gasteiger partial charge in [0.05, 0.1) is 30.6 Å². The molecule has 266 valence electrons. The maximum atomic E-state index is 14.1. The van der Waals surface area contributed by atoms with Crippen molar-refractivity contribution in [3.8, 4) is 0 Å². The van der Waals surface area contributed by atoms with Crippen LogP contribution in [0.4, 0.5) is 4.79 Å². The quantitative estimate of drug-likeness (QED) is 0.0977. The van der Waals surface area contributed by atoms with Crippen LogP contribution in [0.5, 0.6) is 0 Å². The van der Waals surface area contributed by atoms with Crippen LogP contribution in [0, 0.1) is 5.92 Å². The second-order valence-electron chi connectivity index (χ2n) is 13.2. The highest BCUT2D eigenvalue weighted by atomic mass is 16.5. The van der Waals surface area contributed by atoms with Gasteiger partial charge in [-0.3, -0.25) is 14.4 Å². The van der Waals surface area contributed by atoms with E-state index in [-0.39, 0.29) is 43.7 Å². The fourth-order valence-corrected chi connectivity index (χ4v) is 5.72. The highest BCUT2D eigenvalue weighted by molar-refractivity contribution is 5.93. The zero-order chi connectivity index (χ0) is 36.0. The van der Waals surface area contributed by atoms with Crippen molar-refractivity contribution in [3.63, 3.8) is 0 Å². The van der Waals surface area contributed by atoms with Crippen LogP contribution in [0.25, 0.3) is 10.8 Å². The van der Waals surface area contributed by atoms with Crippen molar-refractivity contribution < 1.29 is 29.0 Å². The molecule has 50 heavy (non-hydrogen) atoms.